The highest BCUT2D eigenvalue weighted by atomic mass is 35.5. The maximum absolute atomic E-state index is 11.5. The summed E-state index contributed by atoms with van der Waals surface area (Å²) in [4.78, 5) is 13.2. The number of nitrogens with one attached hydrogen (secondary N) is 1. The van der Waals surface area contributed by atoms with Crippen molar-refractivity contribution in [2.24, 2.45) is 0 Å². The Balaban J connectivity index is 2.28. The third kappa shape index (κ3) is 1.99. The lowest BCUT2D eigenvalue weighted by molar-refractivity contribution is 0.243. The lowest BCUT2D eigenvalue weighted by Crippen LogP contribution is -2.46. The SMILES string of the molecule is Nc1cc(N2CCCNC2=O)ccc1Cl. The number of anilines is 2. The number of hydrogen-bond donors (Lipinski definition) is 2. The maximum Gasteiger partial charge on any atom is 0.321 e. The van der Waals surface area contributed by atoms with Gasteiger partial charge in [-0.1, -0.05) is 11.6 Å². The fourth-order valence-electron chi connectivity index (χ4n) is 1.57. The Bertz CT molecular complexity index is 394. The number of urea groups is 1. The zero-order valence-corrected chi connectivity index (χ0v) is 8.92. The summed E-state index contributed by atoms with van der Waals surface area (Å²) in [7, 11) is 0. The second-order valence-corrected chi connectivity index (χ2v) is 3.85. The zero-order valence-electron chi connectivity index (χ0n) is 8.16. The van der Waals surface area contributed by atoms with Crippen LogP contribution in [0.1, 0.15) is 6.42 Å². The van der Waals surface area contributed by atoms with Crippen LogP contribution in [0.3, 0.4) is 0 Å². The molecule has 2 rings (SSSR count). The molecule has 0 radical (unpaired) electrons. The molecule has 5 heteroatoms. The van der Waals surface area contributed by atoms with Crippen LogP contribution in [-0.2, 0) is 0 Å². The van der Waals surface area contributed by atoms with Gasteiger partial charge in [0.1, 0.15) is 0 Å². The smallest absolute Gasteiger partial charge is 0.321 e. The summed E-state index contributed by atoms with van der Waals surface area (Å²) in [6, 6.07) is 5.13. The quantitative estimate of drug-likeness (QED) is 0.717. The predicted molar refractivity (Wildman–Crippen MR) is 61.2 cm³/mol. The third-order valence-electron chi connectivity index (χ3n) is 2.37. The first-order valence-corrected chi connectivity index (χ1v) is 5.16. The first-order chi connectivity index (χ1) is 7.18. The number of rotatable bonds is 1. The van der Waals surface area contributed by atoms with Crippen molar-refractivity contribution in [3.05, 3.63) is 23.2 Å². The van der Waals surface area contributed by atoms with Gasteiger partial charge in [-0.3, -0.25) is 4.90 Å². The molecule has 1 aliphatic rings. The number of benzene rings is 1. The molecule has 0 spiro atoms. The number of nitrogen functional groups attached to an aromatic ring is 1. The Kier molecular flexibility index (Phi) is 2.68. The highest BCUT2D eigenvalue weighted by Gasteiger charge is 2.19. The second kappa shape index (κ2) is 3.98. The van der Waals surface area contributed by atoms with Crippen molar-refractivity contribution in [1.29, 1.82) is 0 Å². The molecule has 0 aliphatic carbocycles. The van der Waals surface area contributed by atoms with Crippen LogP contribution in [0.4, 0.5) is 16.2 Å². The predicted octanol–water partition coefficient (Wildman–Crippen LogP) is 1.84. The Morgan fingerprint density at radius 1 is 1.47 bits per heavy atom. The zero-order chi connectivity index (χ0) is 10.8. The van der Waals surface area contributed by atoms with E-state index in [1.165, 1.54) is 0 Å². The van der Waals surface area contributed by atoms with E-state index in [0.29, 0.717) is 17.3 Å². The van der Waals surface area contributed by atoms with E-state index in [1.54, 1.807) is 23.1 Å². The molecule has 2 amide bonds. The fourth-order valence-corrected chi connectivity index (χ4v) is 1.69. The first-order valence-electron chi connectivity index (χ1n) is 4.79. The van der Waals surface area contributed by atoms with Gasteiger partial charge in [0, 0.05) is 18.8 Å². The van der Waals surface area contributed by atoms with Crippen LogP contribution < -0.4 is 16.0 Å². The molecule has 0 bridgehead atoms. The van der Waals surface area contributed by atoms with Gasteiger partial charge in [0.25, 0.3) is 0 Å². The number of nitrogens with zero attached hydrogens (tertiary/aromatic N) is 1. The molecule has 1 aromatic rings. The lowest BCUT2D eigenvalue weighted by Gasteiger charge is -2.27. The average molecular weight is 226 g/mol. The molecular weight excluding hydrogens is 214 g/mol. The van der Waals surface area contributed by atoms with Gasteiger partial charge in [-0.05, 0) is 24.6 Å². The third-order valence-corrected chi connectivity index (χ3v) is 2.72. The molecule has 1 saturated heterocycles. The minimum atomic E-state index is -0.0806. The Hall–Kier alpha value is -1.42. The van der Waals surface area contributed by atoms with Gasteiger partial charge in [0.15, 0.2) is 0 Å². The van der Waals surface area contributed by atoms with Gasteiger partial charge >= 0.3 is 6.03 Å². The van der Waals surface area contributed by atoms with Crippen molar-refractivity contribution in [3.63, 3.8) is 0 Å². The lowest BCUT2D eigenvalue weighted by atomic mass is 10.2. The Labute approximate surface area is 93.0 Å². The van der Waals surface area contributed by atoms with Crippen molar-refractivity contribution in [2.45, 2.75) is 6.42 Å². The number of amides is 2. The first kappa shape index (κ1) is 10.1. The van der Waals surface area contributed by atoms with Crippen LogP contribution in [0.2, 0.25) is 5.02 Å². The van der Waals surface area contributed by atoms with Gasteiger partial charge < -0.3 is 11.1 Å². The molecule has 1 aromatic carbocycles. The molecule has 15 heavy (non-hydrogen) atoms. The molecule has 1 aliphatic heterocycles. The van der Waals surface area contributed by atoms with Crippen molar-refractivity contribution in [2.75, 3.05) is 23.7 Å². The summed E-state index contributed by atoms with van der Waals surface area (Å²) >= 11 is 5.81. The van der Waals surface area contributed by atoms with Crippen molar-refractivity contribution >= 4 is 29.0 Å². The van der Waals surface area contributed by atoms with Crippen LogP contribution in [0, 0.1) is 0 Å². The minimum Gasteiger partial charge on any atom is -0.397 e. The number of carbonyl (C=O) groups is 1. The number of halogens is 1. The highest BCUT2D eigenvalue weighted by molar-refractivity contribution is 6.33. The van der Waals surface area contributed by atoms with E-state index < -0.39 is 0 Å². The maximum atomic E-state index is 11.5. The summed E-state index contributed by atoms with van der Waals surface area (Å²) in [6.45, 7) is 1.45. The summed E-state index contributed by atoms with van der Waals surface area (Å²) < 4.78 is 0. The number of hydrogen-bond acceptors (Lipinski definition) is 2. The average Bonchev–Trinajstić information content (AvgIpc) is 2.23. The summed E-state index contributed by atoms with van der Waals surface area (Å²) in [5.41, 5.74) is 6.96. The molecule has 0 atom stereocenters. The largest absolute Gasteiger partial charge is 0.397 e. The molecule has 0 aromatic heterocycles. The van der Waals surface area contributed by atoms with E-state index in [1.807, 2.05) is 0 Å². The van der Waals surface area contributed by atoms with E-state index >= 15 is 0 Å². The van der Waals surface area contributed by atoms with E-state index in [9.17, 15) is 4.79 Å². The van der Waals surface area contributed by atoms with Gasteiger partial charge in [-0.2, -0.15) is 0 Å². The standard InChI is InChI=1S/C10H12ClN3O/c11-8-3-2-7(6-9(8)12)14-5-1-4-13-10(14)15/h2-3,6H,1,4-5,12H2,(H,13,15). The van der Waals surface area contributed by atoms with E-state index in [-0.39, 0.29) is 6.03 Å². The molecular formula is C10H12ClN3O. The summed E-state index contributed by atoms with van der Waals surface area (Å²) in [5, 5.41) is 3.29. The van der Waals surface area contributed by atoms with Crippen LogP contribution in [0.15, 0.2) is 18.2 Å². The van der Waals surface area contributed by atoms with Crippen LogP contribution in [0.25, 0.3) is 0 Å². The number of nitrogens with two attached hydrogens (primary N) is 1. The Morgan fingerprint density at radius 3 is 2.93 bits per heavy atom. The van der Waals surface area contributed by atoms with Gasteiger partial charge in [0.2, 0.25) is 0 Å². The second-order valence-electron chi connectivity index (χ2n) is 3.44. The Morgan fingerprint density at radius 2 is 2.27 bits per heavy atom. The molecule has 4 nitrogen and oxygen atoms in total. The van der Waals surface area contributed by atoms with Crippen molar-refractivity contribution < 1.29 is 4.79 Å². The summed E-state index contributed by atoms with van der Waals surface area (Å²) in [6.07, 6.45) is 0.939. The monoisotopic (exact) mass is 225 g/mol. The molecule has 0 unspecified atom stereocenters. The van der Waals surface area contributed by atoms with Crippen LogP contribution in [0.5, 0.6) is 0 Å². The van der Waals surface area contributed by atoms with Crippen LogP contribution >= 0.6 is 11.6 Å². The van der Waals surface area contributed by atoms with Crippen LogP contribution in [-0.4, -0.2) is 19.1 Å². The van der Waals surface area contributed by atoms with E-state index in [4.69, 9.17) is 17.3 Å². The molecule has 1 heterocycles. The molecule has 0 saturated carbocycles. The van der Waals surface area contributed by atoms with Gasteiger partial charge in [-0.15, -0.1) is 0 Å². The fraction of sp³-hybridized carbons (Fsp3) is 0.300. The minimum absolute atomic E-state index is 0.0806. The van der Waals surface area contributed by atoms with E-state index in [2.05, 4.69) is 5.32 Å². The normalized spacial score (nSPS) is 16.3. The number of carbonyl (C=O) groups excluding carboxylic acids is 1. The molecule has 80 valence electrons. The summed E-state index contributed by atoms with van der Waals surface area (Å²) in [5.74, 6) is 0. The highest BCUT2D eigenvalue weighted by Crippen LogP contribution is 2.25. The topological polar surface area (TPSA) is 58.4 Å². The van der Waals surface area contributed by atoms with Gasteiger partial charge in [0.05, 0.1) is 10.7 Å². The molecule has 3 N–H and O–H groups in total. The van der Waals surface area contributed by atoms with Crippen molar-refractivity contribution in [3.8, 4) is 0 Å². The van der Waals surface area contributed by atoms with Gasteiger partial charge in [-0.25, -0.2) is 4.79 Å². The van der Waals surface area contributed by atoms with E-state index in [0.717, 1.165) is 18.7 Å². The molecule has 1 fully saturated rings. The van der Waals surface area contributed by atoms with Crippen molar-refractivity contribution in [1.82, 2.24) is 5.32 Å².